The zero-order valence-corrected chi connectivity index (χ0v) is 13.9. The maximum absolute atomic E-state index is 13.3. The minimum atomic E-state index is 0.163. The molecule has 4 unspecified atom stereocenters. The quantitative estimate of drug-likeness (QED) is 0.854. The van der Waals surface area contributed by atoms with E-state index in [-0.39, 0.29) is 5.91 Å². The summed E-state index contributed by atoms with van der Waals surface area (Å²) in [6.07, 6.45) is 7.48. The fourth-order valence-corrected chi connectivity index (χ4v) is 5.39. The third-order valence-electron chi connectivity index (χ3n) is 6.50. The zero-order valence-electron chi connectivity index (χ0n) is 13.9. The van der Waals surface area contributed by atoms with Gasteiger partial charge in [0.25, 0.3) is 5.91 Å². The predicted octanol–water partition coefficient (Wildman–Crippen LogP) is 2.69. The second kappa shape index (κ2) is 5.16. The molecule has 3 fully saturated rings. The summed E-state index contributed by atoms with van der Waals surface area (Å²) in [5.41, 5.74) is 2.74. The van der Waals surface area contributed by atoms with Crippen LogP contribution < -0.4 is 0 Å². The van der Waals surface area contributed by atoms with E-state index in [4.69, 9.17) is 0 Å². The number of hydrogen-bond donors (Lipinski definition) is 0. The number of carbonyl (C=O) groups excluding carboxylic acids is 1. The molecule has 124 valence electrons. The molecule has 1 aromatic heterocycles. The van der Waals surface area contributed by atoms with Crippen LogP contribution in [0.5, 0.6) is 0 Å². The third kappa shape index (κ3) is 2.03. The molecule has 2 bridgehead atoms. The Bertz CT molecular complexity index is 767. The second-order valence-electron chi connectivity index (χ2n) is 7.76. The van der Waals surface area contributed by atoms with Gasteiger partial charge >= 0.3 is 0 Å². The van der Waals surface area contributed by atoms with Crippen molar-refractivity contribution in [1.29, 1.82) is 0 Å². The van der Waals surface area contributed by atoms with Crippen LogP contribution in [0.3, 0.4) is 0 Å². The molecule has 0 N–H and O–H groups in total. The molecule has 2 saturated carbocycles. The average molecular weight is 322 g/mol. The Hall–Kier alpha value is -2.17. The van der Waals surface area contributed by atoms with Crippen LogP contribution in [0.15, 0.2) is 30.9 Å². The van der Waals surface area contributed by atoms with Gasteiger partial charge in [-0.3, -0.25) is 9.36 Å². The lowest BCUT2D eigenvalue weighted by molar-refractivity contribution is 0.0776. The van der Waals surface area contributed by atoms with Gasteiger partial charge < -0.3 is 4.90 Å². The maximum Gasteiger partial charge on any atom is 0.256 e. The van der Waals surface area contributed by atoms with Gasteiger partial charge in [0.15, 0.2) is 0 Å². The van der Waals surface area contributed by atoms with Gasteiger partial charge in [-0.15, -0.1) is 10.2 Å². The van der Waals surface area contributed by atoms with Crippen LogP contribution in [-0.4, -0.2) is 38.7 Å². The number of nitrogens with zero attached hydrogens (tertiary/aromatic N) is 4. The van der Waals surface area contributed by atoms with Gasteiger partial charge in [0.2, 0.25) is 0 Å². The molecular weight excluding hydrogens is 300 g/mol. The van der Waals surface area contributed by atoms with Crippen LogP contribution >= 0.6 is 0 Å². The van der Waals surface area contributed by atoms with Crippen LogP contribution in [-0.2, 0) is 0 Å². The number of benzene rings is 1. The number of hydrogen-bond acceptors (Lipinski definition) is 3. The van der Waals surface area contributed by atoms with Gasteiger partial charge in [-0.25, -0.2) is 0 Å². The molecule has 1 aromatic carbocycles. The molecular formula is C19H22N4O. The van der Waals surface area contributed by atoms with E-state index in [2.05, 4.69) is 15.1 Å². The van der Waals surface area contributed by atoms with Gasteiger partial charge in [-0.05, 0) is 62.0 Å². The minimum absolute atomic E-state index is 0.163. The molecule has 1 aliphatic heterocycles. The van der Waals surface area contributed by atoms with E-state index in [9.17, 15) is 4.79 Å². The van der Waals surface area contributed by atoms with Crippen LogP contribution in [0.25, 0.3) is 5.69 Å². The summed E-state index contributed by atoms with van der Waals surface area (Å²) in [5.74, 6) is 3.39. The summed E-state index contributed by atoms with van der Waals surface area (Å²) < 4.78 is 1.83. The van der Waals surface area contributed by atoms with E-state index >= 15 is 0 Å². The standard InChI is InChI=1S/C19H22N4O/c1-12-2-5-18(23-10-20-21-11-23)15(6-12)19(24)22-8-16-13-3-4-14(7-13)17(16)9-22/h2,5-6,10-11,13-14,16-17H,3-4,7-9H2,1H3. The van der Waals surface area contributed by atoms with Crippen molar-refractivity contribution >= 4 is 5.91 Å². The molecule has 5 heteroatoms. The Morgan fingerprint density at radius 1 is 1.08 bits per heavy atom. The van der Waals surface area contributed by atoms with E-state index < -0.39 is 0 Å². The Kier molecular flexibility index (Phi) is 3.05. The van der Waals surface area contributed by atoms with Crippen molar-refractivity contribution in [1.82, 2.24) is 19.7 Å². The first-order valence-corrected chi connectivity index (χ1v) is 8.95. The summed E-state index contributed by atoms with van der Waals surface area (Å²) >= 11 is 0. The fourth-order valence-electron chi connectivity index (χ4n) is 5.39. The van der Waals surface area contributed by atoms with Gasteiger partial charge in [0.05, 0.1) is 11.3 Å². The number of carbonyl (C=O) groups is 1. The van der Waals surface area contributed by atoms with Crippen molar-refractivity contribution in [3.63, 3.8) is 0 Å². The Balaban J connectivity index is 1.47. The monoisotopic (exact) mass is 322 g/mol. The summed E-state index contributed by atoms with van der Waals surface area (Å²) in [6.45, 7) is 3.92. The Morgan fingerprint density at radius 3 is 2.42 bits per heavy atom. The highest BCUT2D eigenvalue weighted by Crippen LogP contribution is 2.55. The third-order valence-corrected chi connectivity index (χ3v) is 6.50. The minimum Gasteiger partial charge on any atom is -0.338 e. The summed E-state index contributed by atoms with van der Waals surface area (Å²) in [6, 6.07) is 6.03. The fraction of sp³-hybridized carbons (Fsp3) is 0.526. The number of amides is 1. The van der Waals surface area contributed by atoms with E-state index in [1.54, 1.807) is 12.7 Å². The molecule has 0 radical (unpaired) electrons. The lowest BCUT2D eigenvalue weighted by Gasteiger charge is -2.22. The molecule has 1 saturated heterocycles. The van der Waals surface area contributed by atoms with Crippen LogP contribution in [0.1, 0.15) is 35.2 Å². The molecule has 5 nitrogen and oxygen atoms in total. The molecule has 24 heavy (non-hydrogen) atoms. The number of likely N-dealkylation sites (tertiary alicyclic amines) is 1. The van der Waals surface area contributed by atoms with Crippen molar-refractivity contribution in [2.45, 2.75) is 26.2 Å². The SMILES string of the molecule is Cc1ccc(-n2cnnc2)c(C(=O)N2CC3C4CCC(C4)C3C2)c1. The van der Waals surface area contributed by atoms with Crippen molar-refractivity contribution in [2.24, 2.45) is 23.7 Å². The van der Waals surface area contributed by atoms with Gasteiger partial charge in [-0.1, -0.05) is 11.6 Å². The molecule has 0 spiro atoms. The predicted molar refractivity (Wildman–Crippen MR) is 89.8 cm³/mol. The number of rotatable bonds is 2. The highest BCUT2D eigenvalue weighted by molar-refractivity contribution is 5.98. The maximum atomic E-state index is 13.3. The summed E-state index contributed by atoms with van der Waals surface area (Å²) in [4.78, 5) is 15.4. The second-order valence-corrected chi connectivity index (χ2v) is 7.76. The van der Waals surface area contributed by atoms with Crippen molar-refractivity contribution in [3.8, 4) is 5.69 Å². The Labute approximate surface area is 141 Å². The molecule has 4 atom stereocenters. The molecule has 2 aliphatic carbocycles. The van der Waals surface area contributed by atoms with Crippen LogP contribution in [0, 0.1) is 30.6 Å². The number of aryl methyl sites for hydroxylation is 1. The molecule has 2 heterocycles. The highest BCUT2D eigenvalue weighted by atomic mass is 16.2. The largest absolute Gasteiger partial charge is 0.338 e. The number of aromatic nitrogens is 3. The van der Waals surface area contributed by atoms with E-state index in [0.717, 1.165) is 53.6 Å². The molecule has 5 rings (SSSR count). The first-order valence-electron chi connectivity index (χ1n) is 8.95. The van der Waals surface area contributed by atoms with E-state index in [0.29, 0.717) is 0 Å². The summed E-state index contributed by atoms with van der Waals surface area (Å²) in [5, 5.41) is 7.76. The first-order chi connectivity index (χ1) is 11.7. The summed E-state index contributed by atoms with van der Waals surface area (Å²) in [7, 11) is 0. The topological polar surface area (TPSA) is 51.0 Å². The van der Waals surface area contributed by atoms with Crippen molar-refractivity contribution in [3.05, 3.63) is 42.0 Å². The van der Waals surface area contributed by atoms with Crippen molar-refractivity contribution < 1.29 is 4.79 Å². The lowest BCUT2D eigenvalue weighted by atomic mass is 9.82. The lowest BCUT2D eigenvalue weighted by Crippen LogP contribution is -2.31. The normalized spacial score (nSPS) is 30.8. The van der Waals surface area contributed by atoms with Crippen LogP contribution in [0.4, 0.5) is 0 Å². The van der Waals surface area contributed by atoms with Crippen LogP contribution in [0.2, 0.25) is 0 Å². The molecule has 3 aliphatic rings. The van der Waals surface area contributed by atoms with E-state index in [1.807, 2.05) is 29.7 Å². The smallest absolute Gasteiger partial charge is 0.256 e. The average Bonchev–Trinajstić information content (AvgIpc) is 3.35. The van der Waals surface area contributed by atoms with Gasteiger partial charge in [-0.2, -0.15) is 0 Å². The molecule has 2 aromatic rings. The van der Waals surface area contributed by atoms with Gasteiger partial charge in [0, 0.05) is 13.1 Å². The first kappa shape index (κ1) is 14.2. The zero-order chi connectivity index (χ0) is 16.3. The van der Waals surface area contributed by atoms with E-state index in [1.165, 1.54) is 19.3 Å². The highest BCUT2D eigenvalue weighted by Gasteiger charge is 2.52. The van der Waals surface area contributed by atoms with Crippen molar-refractivity contribution in [2.75, 3.05) is 13.1 Å². The Morgan fingerprint density at radius 2 is 1.75 bits per heavy atom. The van der Waals surface area contributed by atoms with Gasteiger partial charge in [0.1, 0.15) is 12.7 Å². The number of fused-ring (bicyclic) bond motifs is 5. The molecule has 1 amide bonds.